The molecule has 2 aromatic rings. The Hall–Kier alpha value is -2.33. The van der Waals surface area contributed by atoms with Gasteiger partial charge in [0.25, 0.3) is 0 Å². The van der Waals surface area contributed by atoms with E-state index < -0.39 is 20.5 Å². The third-order valence-corrected chi connectivity index (χ3v) is 7.40. The van der Waals surface area contributed by atoms with Gasteiger partial charge >= 0.3 is 11.8 Å². The van der Waals surface area contributed by atoms with Crippen molar-refractivity contribution in [3.05, 3.63) is 28.7 Å². The number of aryl methyl sites for hydroxylation is 1. The highest BCUT2D eigenvalue weighted by molar-refractivity contribution is 7.90. The van der Waals surface area contributed by atoms with Gasteiger partial charge in [0.05, 0.1) is 10.3 Å². The summed E-state index contributed by atoms with van der Waals surface area (Å²) < 4.78 is 33.2. The average molecular weight is 425 g/mol. The molecule has 1 aliphatic heterocycles. The number of piperidine rings is 1. The first-order valence-electron chi connectivity index (χ1n) is 9.73. The number of fused-ring (bicyclic) bond motifs is 1. The first-order chi connectivity index (χ1) is 13.5. The van der Waals surface area contributed by atoms with E-state index in [4.69, 9.17) is 4.42 Å². The normalized spacial score (nSPS) is 16.3. The molecule has 1 aromatic heterocycles. The highest BCUT2D eigenvalue weighted by Gasteiger charge is 2.33. The van der Waals surface area contributed by atoms with Crippen molar-refractivity contribution in [2.45, 2.75) is 57.9 Å². The average Bonchev–Trinajstić information content (AvgIpc) is 2.95. The number of benzene rings is 1. The highest BCUT2D eigenvalue weighted by Crippen LogP contribution is 2.21. The smallest absolute Gasteiger partial charge is 0.408 e. The third-order valence-electron chi connectivity index (χ3n) is 5.15. The maximum atomic E-state index is 12.6. The van der Waals surface area contributed by atoms with Crippen molar-refractivity contribution in [1.82, 2.24) is 14.2 Å². The molecule has 0 unspecified atom stereocenters. The molecule has 0 spiro atoms. The van der Waals surface area contributed by atoms with Gasteiger partial charge in [0.2, 0.25) is 10.0 Å². The fourth-order valence-electron chi connectivity index (χ4n) is 3.24. The van der Waals surface area contributed by atoms with Crippen LogP contribution in [0.2, 0.25) is 0 Å². The van der Waals surface area contributed by atoms with Gasteiger partial charge in [-0.25, -0.2) is 22.7 Å². The van der Waals surface area contributed by atoms with Crippen LogP contribution in [0.4, 0.5) is 10.5 Å². The van der Waals surface area contributed by atoms with Crippen molar-refractivity contribution in [1.29, 1.82) is 0 Å². The molecule has 1 aromatic carbocycles. The maximum Gasteiger partial charge on any atom is 0.419 e. The van der Waals surface area contributed by atoms with E-state index in [2.05, 4.69) is 10.0 Å². The SMILES string of the molecule is CCn1c(=O)oc2cc(NC(=O)N3CCC(NS(=O)(=O)C(C)(C)C)CC3)ccc21. The van der Waals surface area contributed by atoms with Gasteiger partial charge in [-0.2, -0.15) is 0 Å². The van der Waals surface area contributed by atoms with Gasteiger partial charge < -0.3 is 14.6 Å². The van der Waals surface area contributed by atoms with E-state index in [9.17, 15) is 18.0 Å². The standard InChI is InChI=1S/C19H28N4O5S/c1-5-23-15-7-6-14(12-16(15)28-18(23)25)20-17(24)22-10-8-13(9-11-22)21-29(26,27)19(2,3)4/h6-7,12-13,21H,5,8-11H2,1-4H3,(H,20,24). The number of hydrogen-bond donors (Lipinski definition) is 2. The number of hydrogen-bond acceptors (Lipinski definition) is 5. The van der Waals surface area contributed by atoms with Crippen LogP contribution in [0.5, 0.6) is 0 Å². The molecular formula is C19H28N4O5S. The number of rotatable bonds is 4. The largest absolute Gasteiger partial charge is 0.419 e. The second-order valence-electron chi connectivity index (χ2n) is 8.22. The topological polar surface area (TPSA) is 114 Å². The minimum atomic E-state index is -3.42. The Labute approximate surface area is 170 Å². The van der Waals surface area contributed by atoms with Crippen LogP contribution in [0.3, 0.4) is 0 Å². The zero-order valence-electron chi connectivity index (χ0n) is 17.2. The van der Waals surface area contributed by atoms with Crippen LogP contribution in [-0.2, 0) is 16.6 Å². The Morgan fingerprint density at radius 2 is 1.90 bits per heavy atom. The van der Waals surface area contributed by atoms with Crippen LogP contribution >= 0.6 is 0 Å². The van der Waals surface area contributed by atoms with Crippen molar-refractivity contribution in [3.8, 4) is 0 Å². The Morgan fingerprint density at radius 3 is 2.48 bits per heavy atom. The molecule has 1 fully saturated rings. The summed E-state index contributed by atoms with van der Waals surface area (Å²) in [6.07, 6.45) is 1.10. The summed E-state index contributed by atoms with van der Waals surface area (Å²) in [5, 5.41) is 2.81. The van der Waals surface area contributed by atoms with Gasteiger partial charge in [-0.3, -0.25) is 4.57 Å². The van der Waals surface area contributed by atoms with Crippen molar-refractivity contribution in [2.24, 2.45) is 0 Å². The molecule has 0 aliphatic carbocycles. The Balaban J connectivity index is 1.60. The lowest BCUT2D eigenvalue weighted by molar-refractivity contribution is 0.193. The Morgan fingerprint density at radius 1 is 1.24 bits per heavy atom. The summed E-state index contributed by atoms with van der Waals surface area (Å²) in [4.78, 5) is 26.0. The summed E-state index contributed by atoms with van der Waals surface area (Å²) in [6, 6.07) is 4.66. The number of nitrogens with one attached hydrogen (secondary N) is 2. The van der Waals surface area contributed by atoms with Crippen molar-refractivity contribution in [3.63, 3.8) is 0 Å². The number of aromatic nitrogens is 1. The van der Waals surface area contributed by atoms with Gasteiger partial charge in [0.15, 0.2) is 5.58 Å². The summed E-state index contributed by atoms with van der Waals surface area (Å²) in [6.45, 7) is 8.24. The first kappa shape index (κ1) is 21.4. The summed E-state index contributed by atoms with van der Waals surface area (Å²) in [5.41, 5.74) is 1.64. The Kier molecular flexibility index (Phi) is 5.77. The number of nitrogens with zero attached hydrogens (tertiary/aromatic N) is 2. The number of oxazole rings is 1. The van der Waals surface area contributed by atoms with Crippen LogP contribution < -0.4 is 15.8 Å². The molecule has 0 saturated carbocycles. The Bertz CT molecular complexity index is 1060. The number of carbonyl (C=O) groups is 1. The number of sulfonamides is 1. The van der Waals surface area contributed by atoms with E-state index in [-0.39, 0.29) is 12.1 Å². The van der Waals surface area contributed by atoms with Crippen LogP contribution in [0, 0.1) is 0 Å². The van der Waals surface area contributed by atoms with Crippen LogP contribution in [-0.4, -0.2) is 47.8 Å². The second-order valence-corrected chi connectivity index (χ2v) is 10.7. The number of amides is 2. The minimum Gasteiger partial charge on any atom is -0.408 e. The molecule has 0 atom stereocenters. The monoisotopic (exact) mass is 424 g/mol. The van der Waals surface area contributed by atoms with E-state index in [0.717, 1.165) is 0 Å². The number of likely N-dealkylation sites (tertiary alicyclic amines) is 1. The molecule has 2 heterocycles. The van der Waals surface area contributed by atoms with Crippen molar-refractivity contribution in [2.75, 3.05) is 18.4 Å². The van der Waals surface area contributed by atoms with E-state index in [1.807, 2.05) is 6.92 Å². The molecule has 160 valence electrons. The summed E-state index contributed by atoms with van der Waals surface area (Å²) >= 11 is 0. The zero-order valence-corrected chi connectivity index (χ0v) is 18.0. The van der Waals surface area contributed by atoms with Gasteiger partial charge in [-0.15, -0.1) is 0 Å². The summed E-state index contributed by atoms with van der Waals surface area (Å²) in [7, 11) is -3.42. The fourth-order valence-corrected chi connectivity index (χ4v) is 4.27. The lowest BCUT2D eigenvalue weighted by atomic mass is 10.1. The van der Waals surface area contributed by atoms with Gasteiger partial charge in [0, 0.05) is 37.4 Å². The maximum absolute atomic E-state index is 12.6. The first-order valence-corrected chi connectivity index (χ1v) is 11.2. The van der Waals surface area contributed by atoms with E-state index in [0.29, 0.717) is 49.3 Å². The molecular weight excluding hydrogens is 396 g/mol. The molecule has 1 saturated heterocycles. The molecule has 0 bridgehead atoms. The zero-order chi connectivity index (χ0) is 21.4. The predicted molar refractivity (Wildman–Crippen MR) is 112 cm³/mol. The molecule has 10 heteroatoms. The van der Waals surface area contributed by atoms with Crippen LogP contribution in [0.15, 0.2) is 27.4 Å². The molecule has 2 N–H and O–H groups in total. The summed E-state index contributed by atoms with van der Waals surface area (Å²) in [5.74, 6) is -0.425. The molecule has 29 heavy (non-hydrogen) atoms. The molecule has 1 aliphatic rings. The van der Waals surface area contributed by atoms with E-state index in [1.54, 1.807) is 43.9 Å². The van der Waals surface area contributed by atoms with Crippen LogP contribution in [0.25, 0.3) is 11.1 Å². The minimum absolute atomic E-state index is 0.178. The van der Waals surface area contributed by atoms with Crippen LogP contribution in [0.1, 0.15) is 40.5 Å². The fraction of sp³-hybridized carbons (Fsp3) is 0.579. The second kappa shape index (κ2) is 7.83. The quantitative estimate of drug-likeness (QED) is 0.782. The molecule has 0 radical (unpaired) electrons. The number of anilines is 1. The predicted octanol–water partition coefficient (Wildman–Crippen LogP) is 2.33. The van der Waals surface area contributed by atoms with Gasteiger partial charge in [0.1, 0.15) is 0 Å². The number of carbonyl (C=O) groups excluding carboxylic acids is 1. The molecule has 3 rings (SSSR count). The van der Waals surface area contributed by atoms with E-state index >= 15 is 0 Å². The van der Waals surface area contributed by atoms with Crippen molar-refractivity contribution < 1.29 is 17.6 Å². The van der Waals surface area contributed by atoms with Gasteiger partial charge in [-0.1, -0.05) is 0 Å². The van der Waals surface area contributed by atoms with Crippen molar-refractivity contribution >= 4 is 32.8 Å². The molecule has 9 nitrogen and oxygen atoms in total. The number of urea groups is 1. The lowest BCUT2D eigenvalue weighted by Gasteiger charge is -2.33. The van der Waals surface area contributed by atoms with Gasteiger partial charge in [-0.05, 0) is 52.7 Å². The lowest BCUT2D eigenvalue weighted by Crippen LogP contribution is -2.50. The van der Waals surface area contributed by atoms with E-state index in [1.165, 1.54) is 4.57 Å². The highest BCUT2D eigenvalue weighted by atomic mass is 32.2. The molecule has 2 amide bonds. The third kappa shape index (κ3) is 4.48.